The fraction of sp³-hybridized carbons (Fsp3) is 0.435. The summed E-state index contributed by atoms with van der Waals surface area (Å²) in [5, 5.41) is 0. The number of Topliss-reactive ketones (excluding diaryl/α,β-unsaturated/α-hetero) is 2. The number of allylic oxidation sites excluding steroid dienone is 4. The van der Waals surface area contributed by atoms with Gasteiger partial charge in [0.25, 0.3) is 0 Å². The molecule has 0 bridgehead atoms. The maximum atomic E-state index is 13.0. The van der Waals surface area contributed by atoms with E-state index in [1.807, 2.05) is 18.2 Å². The van der Waals surface area contributed by atoms with E-state index in [-0.39, 0.29) is 40.8 Å². The highest BCUT2D eigenvalue weighted by atomic mass is 16.5. The topological polar surface area (TPSA) is 82.3 Å². The van der Waals surface area contributed by atoms with Gasteiger partial charge in [-0.15, -0.1) is 0 Å². The zero-order valence-corrected chi connectivity index (χ0v) is 15.9. The first-order valence-corrected chi connectivity index (χ1v) is 9.98. The van der Waals surface area contributed by atoms with Crippen molar-refractivity contribution < 1.29 is 14.3 Å². The van der Waals surface area contributed by atoms with Gasteiger partial charge in [0, 0.05) is 43.0 Å². The number of hydrogen-bond acceptors (Lipinski definition) is 5. The highest BCUT2D eigenvalue weighted by Gasteiger charge is 2.57. The number of rotatable bonds is 2. The minimum absolute atomic E-state index is 0.0452. The van der Waals surface area contributed by atoms with Gasteiger partial charge >= 0.3 is 0 Å². The van der Waals surface area contributed by atoms with E-state index in [0.29, 0.717) is 31.4 Å². The molecule has 2 heterocycles. The maximum absolute atomic E-state index is 13.0. The van der Waals surface area contributed by atoms with E-state index in [1.165, 1.54) is 0 Å². The number of carbonyl (C=O) groups excluding carboxylic acids is 2. The van der Waals surface area contributed by atoms with E-state index >= 15 is 0 Å². The Kier molecular flexibility index (Phi) is 3.91. The zero-order valence-electron chi connectivity index (χ0n) is 15.9. The lowest BCUT2D eigenvalue weighted by Gasteiger charge is -2.44. The van der Waals surface area contributed by atoms with Gasteiger partial charge in [0.15, 0.2) is 5.78 Å². The van der Waals surface area contributed by atoms with Crippen molar-refractivity contribution >= 4 is 11.6 Å². The molecule has 144 valence electrons. The predicted octanol–water partition coefficient (Wildman–Crippen LogP) is 2.85. The lowest BCUT2D eigenvalue weighted by molar-refractivity contribution is -0.120. The van der Waals surface area contributed by atoms with Crippen molar-refractivity contribution in [1.29, 1.82) is 0 Å². The highest BCUT2D eigenvalue weighted by Crippen LogP contribution is 2.58. The number of ether oxygens (including phenoxy) is 1. The van der Waals surface area contributed by atoms with Crippen LogP contribution in [-0.4, -0.2) is 29.2 Å². The molecule has 1 fully saturated rings. The summed E-state index contributed by atoms with van der Waals surface area (Å²) in [4.78, 5) is 29.8. The molecule has 1 saturated carbocycles. The third kappa shape index (κ3) is 2.46. The number of fused-ring (bicyclic) bond motifs is 3. The molecule has 4 aliphatic rings. The van der Waals surface area contributed by atoms with Crippen LogP contribution in [0.25, 0.3) is 0 Å². The molecule has 0 aromatic carbocycles. The predicted molar refractivity (Wildman–Crippen MR) is 104 cm³/mol. The Morgan fingerprint density at radius 1 is 1.29 bits per heavy atom. The molecule has 2 N–H and O–H groups in total. The van der Waals surface area contributed by atoms with Crippen LogP contribution < -0.4 is 5.73 Å². The minimum Gasteiger partial charge on any atom is -0.489 e. The number of nitrogens with two attached hydrogens (primary N) is 1. The molecule has 1 unspecified atom stereocenters. The molecular weight excluding hydrogens is 352 g/mol. The van der Waals surface area contributed by atoms with Crippen LogP contribution in [-0.2, 0) is 14.3 Å². The molecule has 1 aromatic heterocycles. The summed E-state index contributed by atoms with van der Waals surface area (Å²) in [5.74, 6) is 1.07. The summed E-state index contributed by atoms with van der Waals surface area (Å²) < 4.78 is 6.42. The standard InChI is InChI=1S/C23H24N2O3/c1-23-5-4-14-9-16-18(26)7-13(11-24)8-20(16)28-22(14)17(23)10-19(27)21(23)15-3-2-6-25-12-15/h2-6,9,12-13,17,21-22H,7-8,10-11,24H2,1H3/t13?,17-,21-,22+,23-/m0/s1. The summed E-state index contributed by atoms with van der Waals surface area (Å²) in [6, 6.07) is 3.86. The van der Waals surface area contributed by atoms with E-state index in [1.54, 1.807) is 12.4 Å². The Balaban J connectivity index is 1.53. The Morgan fingerprint density at radius 3 is 2.89 bits per heavy atom. The van der Waals surface area contributed by atoms with Crippen LogP contribution in [0.5, 0.6) is 0 Å². The van der Waals surface area contributed by atoms with Gasteiger partial charge in [-0.3, -0.25) is 14.6 Å². The summed E-state index contributed by atoms with van der Waals surface area (Å²) in [7, 11) is 0. The van der Waals surface area contributed by atoms with Crippen LogP contribution in [0.4, 0.5) is 0 Å². The van der Waals surface area contributed by atoms with Gasteiger partial charge < -0.3 is 10.5 Å². The van der Waals surface area contributed by atoms with Gasteiger partial charge in [-0.05, 0) is 35.7 Å². The lowest BCUT2D eigenvalue weighted by atomic mass is 9.65. The maximum Gasteiger partial charge on any atom is 0.166 e. The average molecular weight is 376 g/mol. The van der Waals surface area contributed by atoms with Gasteiger partial charge in [0.2, 0.25) is 0 Å². The number of carbonyl (C=O) groups is 2. The van der Waals surface area contributed by atoms with Gasteiger partial charge in [-0.25, -0.2) is 0 Å². The second-order valence-electron chi connectivity index (χ2n) is 8.65. The summed E-state index contributed by atoms with van der Waals surface area (Å²) in [5.41, 5.74) is 8.14. The lowest BCUT2D eigenvalue weighted by Crippen LogP contribution is -2.41. The molecule has 0 spiro atoms. The minimum atomic E-state index is -0.327. The molecule has 0 amide bonds. The van der Waals surface area contributed by atoms with Crippen LogP contribution in [0, 0.1) is 17.3 Å². The van der Waals surface area contributed by atoms with Crippen molar-refractivity contribution in [3.05, 3.63) is 65.2 Å². The molecule has 5 atom stereocenters. The molecule has 3 aliphatic carbocycles. The van der Waals surface area contributed by atoms with E-state index in [9.17, 15) is 9.59 Å². The van der Waals surface area contributed by atoms with E-state index in [0.717, 1.165) is 16.9 Å². The van der Waals surface area contributed by atoms with E-state index in [2.05, 4.69) is 24.1 Å². The van der Waals surface area contributed by atoms with Gasteiger partial charge in [-0.2, -0.15) is 0 Å². The number of ketones is 2. The molecule has 5 nitrogen and oxygen atoms in total. The highest BCUT2D eigenvalue weighted by molar-refractivity contribution is 6.00. The van der Waals surface area contributed by atoms with Crippen LogP contribution in [0.1, 0.15) is 37.7 Å². The second kappa shape index (κ2) is 6.24. The first-order chi connectivity index (χ1) is 13.5. The monoisotopic (exact) mass is 376 g/mol. The van der Waals surface area contributed by atoms with Crippen molar-refractivity contribution in [3.63, 3.8) is 0 Å². The van der Waals surface area contributed by atoms with Crippen LogP contribution in [0.2, 0.25) is 0 Å². The zero-order chi connectivity index (χ0) is 19.5. The number of hydrogen-bond donors (Lipinski definition) is 1. The first-order valence-electron chi connectivity index (χ1n) is 9.98. The van der Waals surface area contributed by atoms with Crippen molar-refractivity contribution in [2.24, 2.45) is 23.0 Å². The quantitative estimate of drug-likeness (QED) is 0.858. The Bertz CT molecular complexity index is 946. The molecule has 5 heteroatoms. The molecule has 0 radical (unpaired) electrons. The third-order valence-electron chi connectivity index (χ3n) is 6.97. The summed E-state index contributed by atoms with van der Waals surface area (Å²) in [6.07, 6.45) is 11.2. The van der Waals surface area contributed by atoms with Crippen molar-refractivity contribution in [2.45, 2.75) is 38.2 Å². The van der Waals surface area contributed by atoms with Crippen LogP contribution in [0.3, 0.4) is 0 Å². The Morgan fingerprint density at radius 2 is 2.14 bits per heavy atom. The van der Waals surface area contributed by atoms with Gasteiger partial charge in [0.1, 0.15) is 17.6 Å². The molecule has 1 aromatic rings. The van der Waals surface area contributed by atoms with Crippen LogP contribution in [0.15, 0.2) is 59.7 Å². The van der Waals surface area contributed by atoms with E-state index < -0.39 is 0 Å². The molecule has 1 aliphatic heterocycles. The van der Waals surface area contributed by atoms with E-state index in [4.69, 9.17) is 10.5 Å². The van der Waals surface area contributed by atoms with Crippen molar-refractivity contribution in [2.75, 3.05) is 6.54 Å². The summed E-state index contributed by atoms with van der Waals surface area (Å²) in [6.45, 7) is 2.63. The Labute approximate surface area is 164 Å². The van der Waals surface area contributed by atoms with Crippen molar-refractivity contribution in [3.8, 4) is 0 Å². The number of nitrogens with zero attached hydrogens (tertiary/aromatic N) is 1. The Hall–Kier alpha value is -2.53. The normalized spacial score (nSPS) is 36.4. The third-order valence-corrected chi connectivity index (χ3v) is 6.97. The smallest absolute Gasteiger partial charge is 0.166 e. The molecule has 28 heavy (non-hydrogen) atoms. The second-order valence-corrected chi connectivity index (χ2v) is 8.65. The van der Waals surface area contributed by atoms with Gasteiger partial charge in [0.05, 0.1) is 11.5 Å². The van der Waals surface area contributed by atoms with Crippen molar-refractivity contribution in [1.82, 2.24) is 4.98 Å². The summed E-state index contributed by atoms with van der Waals surface area (Å²) >= 11 is 0. The molecular formula is C23H24N2O3. The first kappa shape index (κ1) is 17.6. The fourth-order valence-corrected chi connectivity index (χ4v) is 5.47. The van der Waals surface area contributed by atoms with Gasteiger partial charge in [-0.1, -0.05) is 25.1 Å². The fourth-order valence-electron chi connectivity index (χ4n) is 5.47. The largest absolute Gasteiger partial charge is 0.489 e. The molecule has 0 saturated heterocycles. The SMILES string of the molecule is C[C@]12C=CC3=CC4=C(CC(CN)CC4=O)O[C@H]3[C@@H]1CC(=O)[C@@H]2c1cccnc1. The van der Waals surface area contributed by atoms with Crippen LogP contribution >= 0.6 is 0 Å². The molecule has 5 rings (SSSR count). The number of aromatic nitrogens is 1. The number of pyridine rings is 1. The average Bonchev–Trinajstić information content (AvgIpc) is 2.98.